The van der Waals surface area contributed by atoms with Gasteiger partial charge in [0.25, 0.3) is 0 Å². The van der Waals surface area contributed by atoms with Crippen molar-refractivity contribution in [3.8, 4) is 0 Å². The van der Waals surface area contributed by atoms with Gasteiger partial charge in [-0.1, -0.05) is 0 Å². The third kappa shape index (κ3) is 31.3. The molecule has 0 fully saturated rings. The third-order valence-electron chi connectivity index (χ3n) is 1.17. The van der Waals surface area contributed by atoms with Crippen LogP contribution in [-0.4, -0.2) is 0 Å². The first-order valence-corrected chi connectivity index (χ1v) is 5.07. The molecule has 0 spiro atoms. The predicted molar refractivity (Wildman–Crippen MR) is 74.2 cm³/mol. The summed E-state index contributed by atoms with van der Waals surface area (Å²) in [5, 5.41) is 0. The standard InChI is InChI=1S/2C5H5.2C3H5.Ti/c2*1-2-4-5-3-1;2*1-3-2;/h2*1-3H,4H2;2*3H,1-2H2;/q4*-1;+4. The summed E-state index contributed by atoms with van der Waals surface area (Å²) >= 11 is 0. The molecular formula is C16H20Ti. The molecule has 0 aromatic carbocycles. The van der Waals surface area contributed by atoms with Gasteiger partial charge in [0.1, 0.15) is 0 Å². The fraction of sp³-hybridized carbons (Fsp3) is 0.125. The summed E-state index contributed by atoms with van der Waals surface area (Å²) in [7, 11) is 0. The van der Waals surface area contributed by atoms with Crippen LogP contribution in [0.3, 0.4) is 0 Å². The van der Waals surface area contributed by atoms with Crippen LogP contribution in [0.15, 0.2) is 61.8 Å². The molecule has 1 heteroatoms. The van der Waals surface area contributed by atoms with Gasteiger partial charge in [0.05, 0.1) is 0 Å². The van der Waals surface area contributed by atoms with Gasteiger partial charge in [0.15, 0.2) is 0 Å². The van der Waals surface area contributed by atoms with E-state index in [0.29, 0.717) is 0 Å². The van der Waals surface area contributed by atoms with Crippen LogP contribution in [0.5, 0.6) is 0 Å². The Morgan fingerprint density at radius 3 is 1.24 bits per heavy atom. The topological polar surface area (TPSA) is 0 Å². The van der Waals surface area contributed by atoms with Crippen molar-refractivity contribution in [3.05, 3.63) is 87.8 Å². The van der Waals surface area contributed by atoms with Gasteiger partial charge in [-0.2, -0.15) is 12.2 Å². The van der Waals surface area contributed by atoms with E-state index >= 15 is 0 Å². The van der Waals surface area contributed by atoms with Gasteiger partial charge >= 0.3 is 21.7 Å². The molecule has 0 heterocycles. The summed E-state index contributed by atoms with van der Waals surface area (Å²) in [6, 6.07) is 0. The van der Waals surface area contributed by atoms with Crippen molar-refractivity contribution in [2.45, 2.75) is 12.8 Å². The van der Waals surface area contributed by atoms with Crippen LogP contribution < -0.4 is 0 Å². The Bertz CT molecular complexity index is 207. The monoisotopic (exact) mass is 260 g/mol. The van der Waals surface area contributed by atoms with Gasteiger partial charge in [-0.15, -0.1) is 12.8 Å². The zero-order valence-electron chi connectivity index (χ0n) is 10.4. The smallest absolute Gasteiger partial charge is 0.273 e. The first-order valence-electron chi connectivity index (χ1n) is 5.07. The second-order valence-corrected chi connectivity index (χ2v) is 2.58. The number of hydrogen-bond donors (Lipinski definition) is 0. The first kappa shape index (κ1) is 21.2. The van der Waals surface area contributed by atoms with Crippen molar-refractivity contribution >= 4 is 0 Å². The maximum Gasteiger partial charge on any atom is 4.00 e. The van der Waals surface area contributed by atoms with Gasteiger partial charge in [0, 0.05) is 0 Å². The molecule has 0 aromatic rings. The molecule has 17 heavy (non-hydrogen) atoms. The van der Waals surface area contributed by atoms with Crippen LogP contribution >= 0.6 is 0 Å². The Balaban J connectivity index is -0.000000157. The molecule has 0 N–H and O–H groups in total. The number of rotatable bonds is 0. The average molecular weight is 260 g/mol. The normalized spacial score (nSPS) is 11.8. The molecule has 0 saturated carbocycles. The maximum absolute atomic E-state index is 3.25. The molecule has 0 saturated heterocycles. The summed E-state index contributed by atoms with van der Waals surface area (Å²) < 4.78 is 0. The van der Waals surface area contributed by atoms with Crippen molar-refractivity contribution in [3.63, 3.8) is 0 Å². The Hall–Kier alpha value is -1.11. The van der Waals surface area contributed by atoms with Crippen molar-refractivity contribution in [2.75, 3.05) is 0 Å². The quantitative estimate of drug-likeness (QED) is 0.440. The molecule has 0 atom stereocenters. The van der Waals surface area contributed by atoms with Crippen LogP contribution in [0.1, 0.15) is 12.8 Å². The minimum Gasteiger partial charge on any atom is -0.273 e. The van der Waals surface area contributed by atoms with Crippen LogP contribution in [0.4, 0.5) is 0 Å². The van der Waals surface area contributed by atoms with Gasteiger partial charge in [-0.05, 0) is 0 Å². The summed E-state index contributed by atoms with van der Waals surface area (Å²) in [6.45, 7) is 13.0. The Morgan fingerprint density at radius 1 is 0.882 bits per heavy atom. The molecule has 2 aliphatic rings. The van der Waals surface area contributed by atoms with E-state index in [1.165, 1.54) is 12.2 Å². The first-order chi connectivity index (χ1) is 7.83. The molecule has 0 amide bonds. The van der Waals surface area contributed by atoms with Gasteiger partial charge < -0.3 is 0 Å². The number of hydrogen-bond acceptors (Lipinski definition) is 0. The van der Waals surface area contributed by atoms with E-state index in [4.69, 9.17) is 0 Å². The molecule has 0 aromatic heterocycles. The molecule has 0 radical (unpaired) electrons. The van der Waals surface area contributed by atoms with Crippen LogP contribution in [0.25, 0.3) is 0 Å². The van der Waals surface area contributed by atoms with E-state index in [1.807, 2.05) is 24.3 Å². The second kappa shape index (κ2) is 24.2. The Morgan fingerprint density at radius 2 is 1.18 bits per heavy atom. The largest absolute Gasteiger partial charge is 4.00 e. The summed E-state index contributed by atoms with van der Waals surface area (Å²) in [5.41, 5.74) is 0. The fourth-order valence-electron chi connectivity index (χ4n) is 0.680. The summed E-state index contributed by atoms with van der Waals surface area (Å²) in [5.74, 6) is 0. The minimum atomic E-state index is 0. The van der Waals surface area contributed by atoms with E-state index in [1.54, 1.807) is 0 Å². The number of allylic oxidation sites excluding steroid dienone is 10. The third-order valence-corrected chi connectivity index (χ3v) is 1.17. The van der Waals surface area contributed by atoms with Crippen molar-refractivity contribution in [1.29, 1.82) is 0 Å². The molecular weight excluding hydrogens is 240 g/mol. The zero-order chi connectivity index (χ0) is 12.5. The zero-order valence-corrected chi connectivity index (χ0v) is 11.9. The molecule has 0 nitrogen and oxygen atoms in total. The predicted octanol–water partition coefficient (Wildman–Crippen LogP) is 4.62. The fourth-order valence-corrected chi connectivity index (χ4v) is 0.680. The molecule has 0 unspecified atom stereocenters. The van der Waals surface area contributed by atoms with E-state index < -0.39 is 0 Å². The summed E-state index contributed by atoms with van der Waals surface area (Å²) in [6.07, 6.45) is 23.0. The molecule has 88 valence electrons. The molecule has 2 aliphatic carbocycles. The van der Waals surface area contributed by atoms with Crippen molar-refractivity contribution < 1.29 is 21.7 Å². The molecule has 2 rings (SSSR count). The summed E-state index contributed by atoms with van der Waals surface area (Å²) in [4.78, 5) is 0. The van der Waals surface area contributed by atoms with Gasteiger partial charge in [-0.25, -0.2) is 63.5 Å². The second-order valence-electron chi connectivity index (χ2n) is 2.58. The van der Waals surface area contributed by atoms with E-state index in [-0.39, 0.29) is 21.7 Å². The van der Waals surface area contributed by atoms with Crippen molar-refractivity contribution in [2.24, 2.45) is 0 Å². The maximum atomic E-state index is 3.25. The van der Waals surface area contributed by atoms with Crippen LogP contribution in [0.2, 0.25) is 0 Å². The minimum absolute atomic E-state index is 0. The SMILES string of the molecule is C=C[CH2-].C=C[CH2-].[C-]1=CC=CC1.[C-]1=CC=CC1.[Ti+4]. The molecule has 0 bridgehead atoms. The van der Waals surface area contributed by atoms with Gasteiger partial charge in [0.2, 0.25) is 0 Å². The van der Waals surface area contributed by atoms with Crippen molar-refractivity contribution in [1.82, 2.24) is 0 Å². The van der Waals surface area contributed by atoms with E-state index in [9.17, 15) is 0 Å². The molecule has 0 aliphatic heterocycles. The Kier molecular flexibility index (Phi) is 30.2. The van der Waals surface area contributed by atoms with Gasteiger partial charge in [-0.3, -0.25) is 12.2 Å². The van der Waals surface area contributed by atoms with E-state index in [0.717, 1.165) is 12.8 Å². The Labute approximate surface area is 122 Å². The van der Waals surface area contributed by atoms with Crippen LogP contribution in [0, 0.1) is 26.0 Å². The van der Waals surface area contributed by atoms with E-state index in [2.05, 4.69) is 51.3 Å². The average Bonchev–Trinajstić information content (AvgIpc) is 3.00. The van der Waals surface area contributed by atoms with Crippen LogP contribution in [-0.2, 0) is 21.7 Å².